The van der Waals surface area contributed by atoms with Crippen LogP contribution in [0.25, 0.3) is 0 Å². The number of aromatic nitrogens is 1. The molecule has 0 bridgehead atoms. The summed E-state index contributed by atoms with van der Waals surface area (Å²) >= 11 is 0. The van der Waals surface area contributed by atoms with Crippen LogP contribution >= 0.6 is 0 Å². The molecule has 1 atom stereocenters. The molecule has 3 heteroatoms. The summed E-state index contributed by atoms with van der Waals surface area (Å²) in [4.78, 5) is 4.41. The fraction of sp³-hybridized carbons (Fsp3) is 0.600. The molecule has 0 aliphatic carbocycles. The molecule has 1 N–H and O–H groups in total. The van der Waals surface area contributed by atoms with Crippen molar-refractivity contribution in [3.05, 3.63) is 23.4 Å². The lowest BCUT2D eigenvalue weighted by Crippen LogP contribution is -2.14. The van der Waals surface area contributed by atoms with Crippen LogP contribution in [0.2, 0.25) is 0 Å². The first-order valence-electron chi connectivity index (χ1n) is 6.82. The SMILES string of the molecule is CCCCC(CC)CNc1cc(C#N)cc(C)n1. The highest BCUT2D eigenvalue weighted by atomic mass is 15.0. The molecule has 1 rings (SSSR count). The van der Waals surface area contributed by atoms with E-state index in [4.69, 9.17) is 5.26 Å². The minimum Gasteiger partial charge on any atom is -0.370 e. The molecule has 1 aromatic heterocycles. The zero-order chi connectivity index (χ0) is 13.4. The molecule has 3 nitrogen and oxygen atoms in total. The summed E-state index contributed by atoms with van der Waals surface area (Å²) in [6.07, 6.45) is 4.98. The van der Waals surface area contributed by atoms with Gasteiger partial charge in [-0.05, 0) is 31.4 Å². The van der Waals surface area contributed by atoms with Crippen LogP contribution in [-0.4, -0.2) is 11.5 Å². The first-order chi connectivity index (χ1) is 8.69. The zero-order valence-electron chi connectivity index (χ0n) is 11.7. The van der Waals surface area contributed by atoms with Crippen molar-refractivity contribution in [1.29, 1.82) is 5.26 Å². The van der Waals surface area contributed by atoms with E-state index in [1.807, 2.05) is 13.0 Å². The number of anilines is 1. The van der Waals surface area contributed by atoms with E-state index in [0.717, 1.165) is 18.1 Å². The maximum Gasteiger partial charge on any atom is 0.127 e. The van der Waals surface area contributed by atoms with Crippen molar-refractivity contribution in [2.24, 2.45) is 5.92 Å². The van der Waals surface area contributed by atoms with Crippen molar-refractivity contribution in [1.82, 2.24) is 4.98 Å². The van der Waals surface area contributed by atoms with E-state index in [0.29, 0.717) is 11.5 Å². The van der Waals surface area contributed by atoms with Crippen LogP contribution in [0.15, 0.2) is 12.1 Å². The van der Waals surface area contributed by atoms with Crippen LogP contribution in [0.4, 0.5) is 5.82 Å². The van der Waals surface area contributed by atoms with E-state index in [1.54, 1.807) is 6.07 Å². The fourth-order valence-electron chi connectivity index (χ4n) is 2.02. The van der Waals surface area contributed by atoms with Crippen molar-refractivity contribution in [3.8, 4) is 6.07 Å². The number of nitriles is 1. The third-order valence-electron chi connectivity index (χ3n) is 3.20. The van der Waals surface area contributed by atoms with Gasteiger partial charge in [0.25, 0.3) is 0 Å². The number of nitrogens with one attached hydrogen (secondary N) is 1. The molecule has 0 spiro atoms. The van der Waals surface area contributed by atoms with E-state index in [1.165, 1.54) is 25.7 Å². The largest absolute Gasteiger partial charge is 0.370 e. The molecule has 18 heavy (non-hydrogen) atoms. The summed E-state index contributed by atoms with van der Waals surface area (Å²) in [7, 11) is 0. The molecular weight excluding hydrogens is 222 g/mol. The van der Waals surface area contributed by atoms with Crippen LogP contribution in [0, 0.1) is 24.2 Å². The second-order valence-corrected chi connectivity index (χ2v) is 4.79. The predicted octanol–water partition coefficient (Wildman–Crippen LogP) is 3.89. The highest BCUT2D eigenvalue weighted by Gasteiger charge is 2.06. The fourth-order valence-corrected chi connectivity index (χ4v) is 2.02. The molecule has 0 aliphatic rings. The average molecular weight is 245 g/mol. The Bertz CT molecular complexity index is 407. The minimum absolute atomic E-state index is 0.673. The van der Waals surface area contributed by atoms with Crippen molar-refractivity contribution in [2.45, 2.75) is 46.5 Å². The maximum absolute atomic E-state index is 8.92. The Kier molecular flexibility index (Phi) is 6.21. The van der Waals surface area contributed by atoms with Crippen molar-refractivity contribution < 1.29 is 0 Å². The van der Waals surface area contributed by atoms with Gasteiger partial charge >= 0.3 is 0 Å². The minimum atomic E-state index is 0.673. The Morgan fingerprint density at radius 2 is 2.17 bits per heavy atom. The Balaban J connectivity index is 2.56. The smallest absolute Gasteiger partial charge is 0.127 e. The number of pyridine rings is 1. The summed E-state index contributed by atoms with van der Waals surface area (Å²) in [6.45, 7) is 7.31. The van der Waals surface area contributed by atoms with Gasteiger partial charge in [0.2, 0.25) is 0 Å². The molecule has 0 saturated heterocycles. The number of rotatable bonds is 7. The Morgan fingerprint density at radius 3 is 2.78 bits per heavy atom. The second-order valence-electron chi connectivity index (χ2n) is 4.79. The van der Waals surface area contributed by atoms with Gasteiger partial charge in [0, 0.05) is 12.2 Å². The molecular formula is C15H23N3. The molecule has 1 unspecified atom stereocenters. The van der Waals surface area contributed by atoms with Crippen molar-refractivity contribution >= 4 is 5.82 Å². The summed E-state index contributed by atoms with van der Waals surface area (Å²) in [5.74, 6) is 1.51. The number of aryl methyl sites for hydroxylation is 1. The molecule has 0 saturated carbocycles. The van der Waals surface area contributed by atoms with Gasteiger partial charge in [0.1, 0.15) is 5.82 Å². The molecule has 1 heterocycles. The molecule has 98 valence electrons. The Labute approximate surface area is 110 Å². The zero-order valence-corrected chi connectivity index (χ0v) is 11.7. The molecule has 0 radical (unpaired) electrons. The lowest BCUT2D eigenvalue weighted by molar-refractivity contribution is 0.472. The number of hydrogen-bond acceptors (Lipinski definition) is 3. The van der Waals surface area contributed by atoms with Gasteiger partial charge in [-0.15, -0.1) is 0 Å². The van der Waals surface area contributed by atoms with Gasteiger partial charge in [0.15, 0.2) is 0 Å². The number of nitrogens with zero attached hydrogens (tertiary/aromatic N) is 2. The molecule has 0 aromatic carbocycles. The van der Waals surface area contributed by atoms with Gasteiger partial charge in [-0.1, -0.05) is 33.1 Å². The quantitative estimate of drug-likeness (QED) is 0.792. The summed E-state index contributed by atoms with van der Waals surface area (Å²) in [5.41, 5.74) is 1.56. The highest BCUT2D eigenvalue weighted by molar-refractivity contribution is 5.44. The van der Waals surface area contributed by atoms with Crippen LogP contribution in [-0.2, 0) is 0 Å². The maximum atomic E-state index is 8.92. The summed E-state index contributed by atoms with van der Waals surface area (Å²) < 4.78 is 0. The summed E-state index contributed by atoms with van der Waals surface area (Å²) in [6, 6.07) is 5.79. The Hall–Kier alpha value is -1.56. The first-order valence-corrected chi connectivity index (χ1v) is 6.82. The first kappa shape index (κ1) is 14.5. The standard InChI is InChI=1S/C15H23N3/c1-4-6-7-13(5-2)11-17-15-9-14(10-16)8-12(3)18-15/h8-9,13H,4-7,11H2,1-3H3,(H,17,18). The van der Waals surface area contributed by atoms with Gasteiger partial charge in [-0.25, -0.2) is 4.98 Å². The average Bonchev–Trinajstić information content (AvgIpc) is 2.38. The molecule has 0 aliphatic heterocycles. The van der Waals surface area contributed by atoms with Crippen molar-refractivity contribution in [3.63, 3.8) is 0 Å². The summed E-state index contributed by atoms with van der Waals surface area (Å²) in [5, 5.41) is 12.3. The van der Waals surface area contributed by atoms with Gasteiger partial charge in [-0.2, -0.15) is 5.26 Å². The Morgan fingerprint density at radius 1 is 1.39 bits per heavy atom. The van der Waals surface area contributed by atoms with E-state index in [9.17, 15) is 0 Å². The van der Waals surface area contributed by atoms with E-state index < -0.39 is 0 Å². The highest BCUT2D eigenvalue weighted by Crippen LogP contribution is 2.15. The monoisotopic (exact) mass is 245 g/mol. The topological polar surface area (TPSA) is 48.7 Å². The van der Waals surface area contributed by atoms with Gasteiger partial charge in [0.05, 0.1) is 11.6 Å². The molecule has 1 aromatic rings. The van der Waals surface area contributed by atoms with E-state index in [2.05, 4.69) is 30.2 Å². The molecule has 0 amide bonds. The van der Waals surface area contributed by atoms with Crippen LogP contribution in [0.1, 0.15) is 50.8 Å². The molecule has 0 fully saturated rings. The number of unbranched alkanes of at least 4 members (excludes halogenated alkanes) is 1. The van der Waals surface area contributed by atoms with Crippen LogP contribution in [0.5, 0.6) is 0 Å². The van der Waals surface area contributed by atoms with E-state index >= 15 is 0 Å². The second kappa shape index (κ2) is 7.71. The van der Waals surface area contributed by atoms with Crippen LogP contribution in [0.3, 0.4) is 0 Å². The van der Waals surface area contributed by atoms with Crippen LogP contribution < -0.4 is 5.32 Å². The lowest BCUT2D eigenvalue weighted by atomic mass is 9.99. The number of hydrogen-bond donors (Lipinski definition) is 1. The predicted molar refractivity (Wildman–Crippen MR) is 75.5 cm³/mol. The van der Waals surface area contributed by atoms with Gasteiger partial charge < -0.3 is 5.32 Å². The van der Waals surface area contributed by atoms with E-state index in [-0.39, 0.29) is 0 Å². The normalized spacial score (nSPS) is 11.9. The lowest BCUT2D eigenvalue weighted by Gasteiger charge is -2.16. The van der Waals surface area contributed by atoms with Gasteiger partial charge in [-0.3, -0.25) is 0 Å². The third-order valence-corrected chi connectivity index (χ3v) is 3.20. The van der Waals surface area contributed by atoms with Crippen molar-refractivity contribution in [2.75, 3.05) is 11.9 Å². The third kappa shape index (κ3) is 4.75.